The summed E-state index contributed by atoms with van der Waals surface area (Å²) in [4.78, 5) is 2.26. The van der Waals surface area contributed by atoms with Gasteiger partial charge in [0.2, 0.25) is 0 Å². The first-order valence-corrected chi connectivity index (χ1v) is 7.33. The molecular weight excluding hydrogens is 254 g/mol. The minimum absolute atomic E-state index is 0.299. The average Bonchev–Trinajstić information content (AvgIpc) is 2.55. The lowest BCUT2D eigenvalue weighted by atomic mass is 9.91. The van der Waals surface area contributed by atoms with Crippen LogP contribution in [0.3, 0.4) is 0 Å². The molecule has 0 bridgehead atoms. The fourth-order valence-corrected chi connectivity index (χ4v) is 3.00. The standard InChI is InChI=1S/C20H17N/c1-15-6-8-16(9-7-15)18-11-13-21-12-10-17-4-2-3-5-19(17)20(21)14-18/h2-14,20H,1H3. The van der Waals surface area contributed by atoms with Gasteiger partial charge in [0.1, 0.15) is 0 Å². The van der Waals surface area contributed by atoms with Crippen LogP contribution in [0.2, 0.25) is 0 Å². The molecule has 2 aromatic rings. The summed E-state index contributed by atoms with van der Waals surface area (Å²) in [6, 6.07) is 17.7. The average molecular weight is 271 g/mol. The lowest BCUT2D eigenvalue weighted by Crippen LogP contribution is -2.22. The Morgan fingerprint density at radius 2 is 1.62 bits per heavy atom. The molecular formula is C20H17N. The first-order valence-electron chi connectivity index (χ1n) is 7.33. The molecule has 2 heterocycles. The molecule has 0 saturated carbocycles. The predicted octanol–water partition coefficient (Wildman–Crippen LogP) is 4.93. The Morgan fingerprint density at radius 1 is 0.857 bits per heavy atom. The van der Waals surface area contributed by atoms with Gasteiger partial charge in [-0.25, -0.2) is 0 Å². The van der Waals surface area contributed by atoms with Crippen LogP contribution in [0.5, 0.6) is 0 Å². The number of nitrogens with zero attached hydrogens (tertiary/aromatic N) is 1. The fourth-order valence-electron chi connectivity index (χ4n) is 3.00. The number of hydrogen-bond acceptors (Lipinski definition) is 1. The maximum atomic E-state index is 2.35. The van der Waals surface area contributed by atoms with Gasteiger partial charge in [0.25, 0.3) is 0 Å². The highest BCUT2D eigenvalue weighted by atomic mass is 15.1. The van der Waals surface area contributed by atoms with Gasteiger partial charge < -0.3 is 4.90 Å². The Labute approximate surface area is 125 Å². The molecule has 0 saturated heterocycles. The Balaban J connectivity index is 1.77. The fraction of sp³-hybridized carbons (Fsp3) is 0.100. The van der Waals surface area contributed by atoms with E-state index >= 15 is 0 Å². The minimum Gasteiger partial charge on any atom is -0.343 e. The maximum absolute atomic E-state index is 2.35. The molecule has 1 nitrogen and oxygen atoms in total. The largest absolute Gasteiger partial charge is 0.343 e. The van der Waals surface area contributed by atoms with E-state index in [0.29, 0.717) is 6.04 Å². The summed E-state index contributed by atoms with van der Waals surface area (Å²) in [6.07, 6.45) is 11.1. The zero-order valence-corrected chi connectivity index (χ0v) is 12.0. The summed E-state index contributed by atoms with van der Waals surface area (Å²) in [6.45, 7) is 2.12. The van der Waals surface area contributed by atoms with E-state index < -0.39 is 0 Å². The molecule has 1 heteroatoms. The van der Waals surface area contributed by atoms with Crippen LogP contribution in [-0.2, 0) is 0 Å². The highest BCUT2D eigenvalue weighted by Crippen LogP contribution is 2.36. The van der Waals surface area contributed by atoms with E-state index in [0.717, 1.165) is 0 Å². The van der Waals surface area contributed by atoms with Crippen molar-refractivity contribution in [3.05, 3.63) is 95.3 Å². The van der Waals surface area contributed by atoms with E-state index in [9.17, 15) is 0 Å². The SMILES string of the molecule is Cc1ccc(C2=CC3c4ccccc4C=CN3C=C2)cc1. The number of fused-ring (bicyclic) bond motifs is 3. The van der Waals surface area contributed by atoms with E-state index in [4.69, 9.17) is 0 Å². The molecule has 2 aliphatic rings. The monoisotopic (exact) mass is 271 g/mol. The summed E-state index contributed by atoms with van der Waals surface area (Å²) < 4.78 is 0. The first kappa shape index (κ1) is 12.2. The van der Waals surface area contributed by atoms with Gasteiger partial charge in [0.15, 0.2) is 0 Å². The number of allylic oxidation sites excluding steroid dienone is 2. The van der Waals surface area contributed by atoms with E-state index in [2.05, 4.69) is 91.0 Å². The molecule has 0 fully saturated rings. The molecule has 1 atom stereocenters. The Bertz CT molecular complexity index is 763. The zero-order chi connectivity index (χ0) is 14.2. The Hall–Kier alpha value is -2.54. The molecule has 21 heavy (non-hydrogen) atoms. The normalized spacial score (nSPS) is 19.0. The Morgan fingerprint density at radius 3 is 2.48 bits per heavy atom. The molecule has 2 aromatic carbocycles. The van der Waals surface area contributed by atoms with Gasteiger partial charge in [-0.2, -0.15) is 0 Å². The van der Waals surface area contributed by atoms with Crippen LogP contribution in [0, 0.1) is 6.92 Å². The predicted molar refractivity (Wildman–Crippen MR) is 88.4 cm³/mol. The highest BCUT2D eigenvalue weighted by molar-refractivity contribution is 5.77. The second-order valence-corrected chi connectivity index (χ2v) is 5.64. The van der Waals surface area contributed by atoms with E-state index in [1.807, 2.05) is 0 Å². The van der Waals surface area contributed by atoms with E-state index in [1.165, 1.54) is 27.8 Å². The van der Waals surface area contributed by atoms with Crippen molar-refractivity contribution in [1.29, 1.82) is 0 Å². The molecule has 0 spiro atoms. The van der Waals surface area contributed by atoms with Crippen molar-refractivity contribution in [1.82, 2.24) is 4.90 Å². The molecule has 4 rings (SSSR count). The summed E-state index contributed by atoms with van der Waals surface area (Å²) >= 11 is 0. The van der Waals surface area contributed by atoms with Crippen LogP contribution in [0.15, 0.2) is 73.1 Å². The van der Waals surface area contributed by atoms with E-state index in [-0.39, 0.29) is 0 Å². The van der Waals surface area contributed by atoms with Crippen LogP contribution in [0.4, 0.5) is 0 Å². The van der Waals surface area contributed by atoms with Crippen molar-refractivity contribution in [3.8, 4) is 0 Å². The molecule has 0 amide bonds. The van der Waals surface area contributed by atoms with E-state index in [1.54, 1.807) is 0 Å². The summed E-state index contributed by atoms with van der Waals surface area (Å²) in [7, 11) is 0. The lowest BCUT2D eigenvalue weighted by molar-refractivity contribution is 0.431. The van der Waals surface area contributed by atoms with Crippen molar-refractivity contribution >= 4 is 11.6 Å². The van der Waals surface area contributed by atoms with Gasteiger partial charge in [-0.3, -0.25) is 0 Å². The zero-order valence-electron chi connectivity index (χ0n) is 12.0. The van der Waals surface area contributed by atoms with Crippen molar-refractivity contribution in [2.24, 2.45) is 0 Å². The number of benzene rings is 2. The number of hydrogen-bond donors (Lipinski definition) is 0. The quantitative estimate of drug-likeness (QED) is 0.710. The van der Waals surface area contributed by atoms with Gasteiger partial charge in [0, 0.05) is 12.4 Å². The topological polar surface area (TPSA) is 3.24 Å². The lowest BCUT2D eigenvalue weighted by Gasteiger charge is -2.33. The van der Waals surface area contributed by atoms with Crippen LogP contribution in [0.25, 0.3) is 11.6 Å². The third-order valence-electron chi connectivity index (χ3n) is 4.21. The van der Waals surface area contributed by atoms with Gasteiger partial charge in [-0.1, -0.05) is 54.1 Å². The molecule has 1 unspecified atom stereocenters. The van der Waals surface area contributed by atoms with Crippen LogP contribution in [0.1, 0.15) is 28.3 Å². The van der Waals surface area contributed by atoms with Crippen LogP contribution >= 0.6 is 0 Å². The van der Waals surface area contributed by atoms with Gasteiger partial charge in [-0.15, -0.1) is 0 Å². The number of aryl methyl sites for hydroxylation is 1. The summed E-state index contributed by atoms with van der Waals surface area (Å²) in [5, 5.41) is 0. The van der Waals surface area contributed by atoms with Crippen molar-refractivity contribution in [3.63, 3.8) is 0 Å². The molecule has 102 valence electrons. The molecule has 2 aliphatic heterocycles. The molecule has 0 radical (unpaired) electrons. The second kappa shape index (κ2) is 4.78. The third kappa shape index (κ3) is 2.11. The molecule has 0 aliphatic carbocycles. The first-order chi connectivity index (χ1) is 10.3. The van der Waals surface area contributed by atoms with Crippen molar-refractivity contribution in [2.45, 2.75) is 13.0 Å². The van der Waals surface area contributed by atoms with Gasteiger partial charge >= 0.3 is 0 Å². The van der Waals surface area contributed by atoms with Gasteiger partial charge in [0.05, 0.1) is 6.04 Å². The third-order valence-corrected chi connectivity index (χ3v) is 4.21. The maximum Gasteiger partial charge on any atom is 0.0778 e. The van der Waals surface area contributed by atoms with Crippen molar-refractivity contribution in [2.75, 3.05) is 0 Å². The van der Waals surface area contributed by atoms with Crippen LogP contribution in [-0.4, -0.2) is 4.90 Å². The van der Waals surface area contributed by atoms with Crippen molar-refractivity contribution < 1.29 is 0 Å². The molecule has 0 aromatic heterocycles. The summed E-state index contributed by atoms with van der Waals surface area (Å²) in [5.74, 6) is 0. The Kier molecular flexibility index (Phi) is 2.78. The second-order valence-electron chi connectivity index (χ2n) is 5.64. The smallest absolute Gasteiger partial charge is 0.0778 e. The highest BCUT2D eigenvalue weighted by Gasteiger charge is 2.22. The molecule has 0 N–H and O–H groups in total. The minimum atomic E-state index is 0.299. The number of rotatable bonds is 1. The summed E-state index contributed by atoms with van der Waals surface area (Å²) in [5.41, 5.74) is 6.55. The van der Waals surface area contributed by atoms with Crippen LogP contribution < -0.4 is 0 Å². The van der Waals surface area contributed by atoms with Gasteiger partial charge in [-0.05, 0) is 47.4 Å².